The number of benzene rings is 1. The van der Waals surface area contributed by atoms with Crippen LogP contribution in [0.5, 0.6) is 0 Å². The van der Waals surface area contributed by atoms with E-state index in [4.69, 9.17) is 4.84 Å². The maximum absolute atomic E-state index is 13.8. The van der Waals surface area contributed by atoms with Gasteiger partial charge in [-0.1, -0.05) is 18.2 Å². The molecule has 0 saturated carbocycles. The molecular weight excluding hydrogens is 232 g/mol. The van der Waals surface area contributed by atoms with Gasteiger partial charge in [-0.05, 0) is 26.0 Å². The van der Waals surface area contributed by atoms with Crippen LogP contribution in [0.15, 0.2) is 30.3 Å². The van der Waals surface area contributed by atoms with E-state index in [0.717, 1.165) is 0 Å². The van der Waals surface area contributed by atoms with Crippen LogP contribution in [0.2, 0.25) is 0 Å². The van der Waals surface area contributed by atoms with Crippen molar-refractivity contribution >= 4 is 13.5 Å². The van der Waals surface area contributed by atoms with Crippen molar-refractivity contribution in [1.29, 1.82) is 0 Å². The van der Waals surface area contributed by atoms with Crippen molar-refractivity contribution in [2.75, 3.05) is 18.0 Å². The van der Waals surface area contributed by atoms with Crippen molar-refractivity contribution < 1.29 is 18.1 Å². The molecule has 0 fully saturated rings. The van der Waals surface area contributed by atoms with Gasteiger partial charge in [-0.25, -0.2) is 4.57 Å². The number of rotatable bonds is 6. The Hall–Kier alpha value is -0.900. The molecule has 0 aromatic heterocycles. The standard InChI is InChI=1S/C10H15FNO3P/c1-3-14-12(16(11,13)15-4-2)10-8-6-5-7-9-10/h5-9H,3-4H2,1-2H3. The molecule has 90 valence electrons. The molecule has 0 N–H and O–H groups in total. The van der Waals surface area contributed by atoms with E-state index in [0.29, 0.717) is 10.5 Å². The molecule has 16 heavy (non-hydrogen) atoms. The van der Waals surface area contributed by atoms with Crippen LogP contribution in [-0.2, 0) is 13.9 Å². The Balaban J connectivity index is 2.95. The number of para-hydroxylation sites is 1. The summed E-state index contributed by atoms with van der Waals surface area (Å²) in [7, 11) is -4.43. The summed E-state index contributed by atoms with van der Waals surface area (Å²) in [6.45, 7) is 3.48. The van der Waals surface area contributed by atoms with Gasteiger partial charge in [0.15, 0.2) is 0 Å². The molecule has 0 saturated heterocycles. The summed E-state index contributed by atoms with van der Waals surface area (Å²) in [5.41, 5.74) is 0.364. The Bertz CT molecular complexity index is 360. The van der Waals surface area contributed by atoms with Gasteiger partial charge >= 0.3 is 7.83 Å². The van der Waals surface area contributed by atoms with E-state index in [1.165, 1.54) is 0 Å². The van der Waals surface area contributed by atoms with Gasteiger partial charge in [-0.2, -0.15) is 4.83 Å². The summed E-state index contributed by atoms with van der Waals surface area (Å²) in [5.74, 6) is 0. The molecule has 1 aromatic rings. The van der Waals surface area contributed by atoms with Crippen LogP contribution in [0, 0.1) is 0 Å². The third kappa shape index (κ3) is 3.30. The van der Waals surface area contributed by atoms with Gasteiger partial charge in [0, 0.05) is 0 Å². The molecule has 0 spiro atoms. The minimum absolute atomic E-state index is 0.0180. The minimum Gasteiger partial charge on any atom is -0.288 e. The zero-order valence-electron chi connectivity index (χ0n) is 9.30. The van der Waals surface area contributed by atoms with Crippen LogP contribution in [0.4, 0.5) is 9.88 Å². The first-order valence-corrected chi connectivity index (χ1v) is 6.51. The highest BCUT2D eigenvalue weighted by Gasteiger charge is 2.33. The van der Waals surface area contributed by atoms with E-state index >= 15 is 0 Å². The Kier molecular flexibility index (Phi) is 4.93. The Morgan fingerprint density at radius 2 is 1.88 bits per heavy atom. The lowest BCUT2D eigenvalue weighted by Crippen LogP contribution is -2.19. The summed E-state index contributed by atoms with van der Waals surface area (Å²) < 4.78 is 30.0. The molecule has 0 aliphatic heterocycles. The molecule has 0 heterocycles. The molecule has 0 radical (unpaired) electrons. The fraction of sp³-hybridized carbons (Fsp3) is 0.400. The third-order valence-corrected chi connectivity index (χ3v) is 3.09. The van der Waals surface area contributed by atoms with Gasteiger partial charge in [-0.15, -0.1) is 4.20 Å². The first-order chi connectivity index (χ1) is 7.61. The van der Waals surface area contributed by atoms with Crippen LogP contribution >= 0.6 is 7.83 Å². The van der Waals surface area contributed by atoms with Crippen molar-refractivity contribution in [3.8, 4) is 0 Å². The SMILES string of the molecule is CCON(c1ccccc1)P(=O)(F)OCC. The van der Waals surface area contributed by atoms with E-state index in [2.05, 4.69) is 4.52 Å². The zero-order chi connectivity index (χ0) is 12.0. The van der Waals surface area contributed by atoms with Crippen LogP contribution in [0.3, 0.4) is 0 Å². The van der Waals surface area contributed by atoms with Gasteiger partial charge in [0.2, 0.25) is 0 Å². The smallest absolute Gasteiger partial charge is 0.288 e. The van der Waals surface area contributed by atoms with Crippen molar-refractivity contribution in [2.24, 2.45) is 0 Å². The second-order valence-corrected chi connectivity index (χ2v) is 4.42. The second kappa shape index (κ2) is 5.99. The summed E-state index contributed by atoms with van der Waals surface area (Å²) in [6.07, 6.45) is 0. The summed E-state index contributed by atoms with van der Waals surface area (Å²) >= 11 is 0. The maximum Gasteiger partial charge on any atom is 0.496 e. The second-order valence-electron chi connectivity index (χ2n) is 2.90. The van der Waals surface area contributed by atoms with Gasteiger partial charge in [0.25, 0.3) is 0 Å². The van der Waals surface area contributed by atoms with Crippen molar-refractivity contribution in [1.82, 2.24) is 0 Å². The van der Waals surface area contributed by atoms with Gasteiger partial charge < -0.3 is 0 Å². The molecule has 0 bridgehead atoms. The monoisotopic (exact) mass is 247 g/mol. The average Bonchev–Trinajstić information content (AvgIpc) is 2.27. The molecule has 1 aromatic carbocycles. The van der Waals surface area contributed by atoms with Crippen molar-refractivity contribution in [2.45, 2.75) is 13.8 Å². The van der Waals surface area contributed by atoms with Gasteiger partial charge in [0.05, 0.1) is 18.9 Å². The van der Waals surface area contributed by atoms with Gasteiger partial charge in [-0.3, -0.25) is 9.36 Å². The lowest BCUT2D eigenvalue weighted by atomic mass is 10.3. The van der Waals surface area contributed by atoms with Crippen LogP contribution in [0.25, 0.3) is 0 Å². The topological polar surface area (TPSA) is 38.8 Å². The molecular formula is C10H15FNO3P. The van der Waals surface area contributed by atoms with E-state index in [1.54, 1.807) is 44.2 Å². The van der Waals surface area contributed by atoms with Crippen molar-refractivity contribution in [3.63, 3.8) is 0 Å². The largest absolute Gasteiger partial charge is 0.496 e. The zero-order valence-corrected chi connectivity index (χ0v) is 10.2. The minimum atomic E-state index is -4.43. The van der Waals surface area contributed by atoms with Crippen LogP contribution in [0.1, 0.15) is 13.8 Å². The molecule has 0 amide bonds. The Morgan fingerprint density at radius 3 is 2.38 bits per heavy atom. The van der Waals surface area contributed by atoms with E-state index in [9.17, 15) is 8.76 Å². The molecule has 0 aliphatic rings. The quantitative estimate of drug-likeness (QED) is 0.569. The molecule has 0 aliphatic carbocycles. The number of nitrogens with zero attached hydrogens (tertiary/aromatic N) is 1. The number of halogens is 1. The molecule has 1 unspecified atom stereocenters. The fourth-order valence-electron chi connectivity index (χ4n) is 1.17. The van der Waals surface area contributed by atoms with Crippen LogP contribution < -0.4 is 4.83 Å². The maximum atomic E-state index is 13.8. The van der Waals surface area contributed by atoms with Crippen molar-refractivity contribution in [3.05, 3.63) is 30.3 Å². The summed E-state index contributed by atoms with van der Waals surface area (Å²) in [4.78, 5) is 5.72. The van der Waals surface area contributed by atoms with E-state index in [-0.39, 0.29) is 13.2 Å². The lowest BCUT2D eigenvalue weighted by Gasteiger charge is -2.24. The molecule has 1 atom stereocenters. The highest BCUT2D eigenvalue weighted by atomic mass is 31.2. The normalized spacial score (nSPS) is 14.4. The summed E-state index contributed by atoms with van der Waals surface area (Å²) in [5, 5.41) is 0. The third-order valence-electron chi connectivity index (χ3n) is 1.73. The first-order valence-electron chi connectivity index (χ1n) is 5.04. The molecule has 1 rings (SSSR count). The average molecular weight is 247 g/mol. The summed E-state index contributed by atoms with van der Waals surface area (Å²) in [6, 6.07) is 8.37. The molecule has 6 heteroatoms. The van der Waals surface area contributed by atoms with E-state index in [1.807, 2.05) is 0 Å². The highest BCUT2D eigenvalue weighted by Crippen LogP contribution is 2.54. The Morgan fingerprint density at radius 1 is 1.25 bits per heavy atom. The first kappa shape index (κ1) is 13.2. The van der Waals surface area contributed by atoms with Crippen LogP contribution in [-0.4, -0.2) is 13.2 Å². The van der Waals surface area contributed by atoms with Gasteiger partial charge in [0.1, 0.15) is 0 Å². The number of hydrogen-bond acceptors (Lipinski definition) is 3. The Labute approximate surface area is 94.6 Å². The predicted octanol–water partition coefficient (Wildman–Crippen LogP) is 3.56. The number of anilines is 1. The lowest BCUT2D eigenvalue weighted by molar-refractivity contribution is 0.139. The van der Waals surface area contributed by atoms with E-state index < -0.39 is 7.83 Å². The fourth-order valence-corrected chi connectivity index (χ4v) is 2.26. The molecule has 4 nitrogen and oxygen atoms in total. The predicted molar refractivity (Wildman–Crippen MR) is 60.9 cm³/mol. The highest BCUT2D eigenvalue weighted by molar-refractivity contribution is 7.54. The number of hydrogen-bond donors (Lipinski definition) is 0.